The van der Waals surface area contributed by atoms with Crippen LogP contribution in [0.25, 0.3) is 0 Å². The Hall–Kier alpha value is -2.62. The number of rotatable bonds is 4. The quantitative estimate of drug-likeness (QED) is 0.838. The number of nitrogens with one attached hydrogen (secondary N) is 1. The number of aromatic hydroxyl groups is 1. The molecular weight excluding hydrogens is 264 g/mol. The van der Waals surface area contributed by atoms with Crippen molar-refractivity contribution < 1.29 is 9.90 Å². The topological polar surface area (TPSA) is 61.7 Å². The lowest BCUT2D eigenvalue weighted by molar-refractivity contribution is -0.115. The first-order valence-corrected chi connectivity index (χ1v) is 6.82. The molecule has 1 amide bonds. The molecule has 0 aliphatic rings. The van der Waals surface area contributed by atoms with Crippen LogP contribution in [0.3, 0.4) is 0 Å². The van der Waals surface area contributed by atoms with Gasteiger partial charge in [0.15, 0.2) is 0 Å². The molecule has 108 valence electrons. The van der Waals surface area contributed by atoms with Crippen molar-refractivity contribution in [3.63, 3.8) is 0 Å². The molecule has 2 N–H and O–H groups in total. The van der Waals surface area contributed by atoms with E-state index < -0.39 is 0 Å². The summed E-state index contributed by atoms with van der Waals surface area (Å²) < 4.78 is 0. The lowest BCUT2D eigenvalue weighted by atomic mass is 10.1. The van der Waals surface area contributed by atoms with Gasteiger partial charge in [0, 0.05) is 23.9 Å². The van der Waals surface area contributed by atoms with Gasteiger partial charge in [0.25, 0.3) is 0 Å². The molecule has 21 heavy (non-hydrogen) atoms. The molecule has 0 aromatic heterocycles. The fourth-order valence-electron chi connectivity index (χ4n) is 1.84. The van der Waals surface area contributed by atoms with E-state index in [0.717, 1.165) is 5.56 Å². The molecule has 2 aromatic rings. The molecule has 0 unspecified atom stereocenters. The summed E-state index contributed by atoms with van der Waals surface area (Å²) in [5.41, 5.74) is 2.90. The van der Waals surface area contributed by atoms with Crippen molar-refractivity contribution in [3.05, 3.63) is 53.6 Å². The van der Waals surface area contributed by atoms with Crippen LogP contribution in [0.1, 0.15) is 24.5 Å². The Morgan fingerprint density at radius 2 is 2.05 bits per heavy atom. The van der Waals surface area contributed by atoms with Crippen LogP contribution < -0.4 is 5.32 Å². The maximum Gasteiger partial charge on any atom is 0.224 e. The number of anilines is 1. The van der Waals surface area contributed by atoms with E-state index in [1.807, 2.05) is 37.3 Å². The fraction of sp³-hybridized carbons (Fsp3) is 0.176. The van der Waals surface area contributed by atoms with Gasteiger partial charge in [-0.1, -0.05) is 25.1 Å². The van der Waals surface area contributed by atoms with Crippen LogP contribution in [0.4, 0.5) is 11.4 Å². The zero-order valence-electron chi connectivity index (χ0n) is 12.1. The highest BCUT2D eigenvalue weighted by Gasteiger charge is 2.01. The number of carbonyl (C=O) groups excluding carboxylic acids is 1. The third-order valence-electron chi connectivity index (χ3n) is 3.07. The van der Waals surface area contributed by atoms with E-state index in [0.29, 0.717) is 23.4 Å². The molecule has 0 aliphatic heterocycles. The summed E-state index contributed by atoms with van der Waals surface area (Å²) in [5.74, 6) is 0.198. The Bertz CT molecular complexity index is 678. The third-order valence-corrected chi connectivity index (χ3v) is 3.07. The van der Waals surface area contributed by atoms with Crippen molar-refractivity contribution in [2.45, 2.75) is 20.3 Å². The monoisotopic (exact) mass is 282 g/mol. The van der Waals surface area contributed by atoms with Gasteiger partial charge in [0.2, 0.25) is 5.91 Å². The molecule has 0 aliphatic carbocycles. The van der Waals surface area contributed by atoms with Crippen LogP contribution in [-0.2, 0) is 4.79 Å². The van der Waals surface area contributed by atoms with Crippen LogP contribution in [-0.4, -0.2) is 17.2 Å². The Morgan fingerprint density at radius 3 is 2.81 bits per heavy atom. The van der Waals surface area contributed by atoms with Gasteiger partial charge in [0.05, 0.1) is 5.69 Å². The van der Waals surface area contributed by atoms with E-state index in [2.05, 4.69) is 10.3 Å². The molecule has 0 atom stereocenters. The lowest BCUT2D eigenvalue weighted by Gasteiger charge is -2.04. The number of benzene rings is 2. The summed E-state index contributed by atoms with van der Waals surface area (Å²) >= 11 is 0. The minimum absolute atomic E-state index is 0.0348. The van der Waals surface area contributed by atoms with Gasteiger partial charge >= 0.3 is 0 Å². The Labute approximate surface area is 124 Å². The van der Waals surface area contributed by atoms with E-state index in [-0.39, 0.29) is 11.7 Å². The number of phenolic OH excluding ortho intramolecular Hbond substituents is 1. The molecule has 0 saturated heterocycles. The number of aryl methyl sites for hydroxylation is 1. The van der Waals surface area contributed by atoms with Crippen molar-refractivity contribution in [3.8, 4) is 5.75 Å². The number of phenols is 1. The molecule has 4 heteroatoms. The molecule has 2 rings (SSSR count). The van der Waals surface area contributed by atoms with Crippen LogP contribution in [0.5, 0.6) is 5.75 Å². The second-order valence-electron chi connectivity index (χ2n) is 4.72. The summed E-state index contributed by atoms with van der Waals surface area (Å²) in [5, 5.41) is 12.7. The van der Waals surface area contributed by atoms with E-state index in [1.165, 1.54) is 0 Å². The van der Waals surface area contributed by atoms with Crippen molar-refractivity contribution in [1.82, 2.24) is 0 Å². The Kier molecular flexibility index (Phi) is 4.72. The summed E-state index contributed by atoms with van der Waals surface area (Å²) in [7, 11) is 0. The lowest BCUT2D eigenvalue weighted by Crippen LogP contribution is -2.08. The molecular formula is C17H18N2O2. The zero-order valence-corrected chi connectivity index (χ0v) is 12.1. The molecule has 0 saturated carbocycles. The van der Waals surface area contributed by atoms with Crippen LogP contribution in [0, 0.1) is 6.92 Å². The van der Waals surface area contributed by atoms with Gasteiger partial charge in [-0.3, -0.25) is 9.79 Å². The summed E-state index contributed by atoms with van der Waals surface area (Å²) in [6, 6.07) is 12.8. The largest absolute Gasteiger partial charge is 0.507 e. The molecule has 0 bridgehead atoms. The average molecular weight is 282 g/mol. The number of aliphatic imine (C=N–C) groups is 1. The predicted molar refractivity (Wildman–Crippen MR) is 85.5 cm³/mol. The SMILES string of the molecule is CCC(=O)Nc1cccc(N=Cc2cccc(C)c2O)c1. The molecule has 0 spiro atoms. The second-order valence-corrected chi connectivity index (χ2v) is 4.72. The molecule has 0 radical (unpaired) electrons. The molecule has 0 fully saturated rings. The van der Waals surface area contributed by atoms with Gasteiger partial charge in [-0.05, 0) is 36.8 Å². The molecule has 4 nitrogen and oxygen atoms in total. The standard InChI is InChI=1S/C17H18N2O2/c1-3-16(20)19-15-9-5-8-14(10-15)18-11-13-7-4-6-12(2)17(13)21/h4-11,21H,3H2,1-2H3,(H,19,20). The highest BCUT2D eigenvalue weighted by molar-refractivity contribution is 5.91. The Balaban J connectivity index is 2.19. The van der Waals surface area contributed by atoms with Crippen molar-refractivity contribution in [2.24, 2.45) is 4.99 Å². The smallest absolute Gasteiger partial charge is 0.224 e. The third kappa shape index (κ3) is 3.92. The van der Waals surface area contributed by atoms with E-state index in [9.17, 15) is 9.90 Å². The van der Waals surface area contributed by atoms with Crippen LogP contribution >= 0.6 is 0 Å². The van der Waals surface area contributed by atoms with E-state index >= 15 is 0 Å². The van der Waals surface area contributed by atoms with Gasteiger partial charge in [0.1, 0.15) is 5.75 Å². The Morgan fingerprint density at radius 1 is 1.29 bits per heavy atom. The van der Waals surface area contributed by atoms with E-state index in [1.54, 1.807) is 25.3 Å². The normalized spacial score (nSPS) is 10.8. The first-order valence-electron chi connectivity index (χ1n) is 6.82. The highest BCUT2D eigenvalue weighted by atomic mass is 16.3. The number of amides is 1. The van der Waals surface area contributed by atoms with Crippen molar-refractivity contribution >= 4 is 23.5 Å². The zero-order chi connectivity index (χ0) is 15.2. The van der Waals surface area contributed by atoms with Crippen LogP contribution in [0.2, 0.25) is 0 Å². The summed E-state index contributed by atoms with van der Waals surface area (Å²) in [4.78, 5) is 15.7. The number of hydrogen-bond donors (Lipinski definition) is 2. The maximum absolute atomic E-state index is 11.4. The molecule has 2 aromatic carbocycles. The number of hydrogen-bond acceptors (Lipinski definition) is 3. The van der Waals surface area contributed by atoms with Gasteiger partial charge in [-0.2, -0.15) is 0 Å². The van der Waals surface area contributed by atoms with E-state index in [4.69, 9.17) is 0 Å². The van der Waals surface area contributed by atoms with Crippen molar-refractivity contribution in [2.75, 3.05) is 5.32 Å². The first kappa shape index (κ1) is 14.8. The predicted octanol–water partition coefficient (Wildman–Crippen LogP) is 3.80. The van der Waals surface area contributed by atoms with Gasteiger partial charge in [-0.25, -0.2) is 0 Å². The summed E-state index contributed by atoms with van der Waals surface area (Å²) in [6.45, 7) is 3.64. The number of nitrogens with zero attached hydrogens (tertiary/aromatic N) is 1. The average Bonchev–Trinajstić information content (AvgIpc) is 2.49. The van der Waals surface area contributed by atoms with Crippen LogP contribution in [0.15, 0.2) is 47.5 Å². The number of carbonyl (C=O) groups is 1. The first-order chi connectivity index (χ1) is 10.1. The summed E-state index contributed by atoms with van der Waals surface area (Å²) in [6.07, 6.45) is 2.05. The molecule has 0 heterocycles. The minimum atomic E-state index is -0.0348. The maximum atomic E-state index is 11.4. The van der Waals surface area contributed by atoms with Gasteiger partial charge < -0.3 is 10.4 Å². The van der Waals surface area contributed by atoms with Gasteiger partial charge in [-0.15, -0.1) is 0 Å². The second kappa shape index (κ2) is 6.70. The highest BCUT2D eigenvalue weighted by Crippen LogP contribution is 2.22. The number of para-hydroxylation sites is 1. The fourth-order valence-corrected chi connectivity index (χ4v) is 1.84. The minimum Gasteiger partial charge on any atom is -0.507 e. The van der Waals surface area contributed by atoms with Crippen molar-refractivity contribution in [1.29, 1.82) is 0 Å².